The number of aliphatic hydroxyl groups is 1. The maximum absolute atomic E-state index is 13.5. The van der Waals surface area contributed by atoms with E-state index in [1.54, 1.807) is 6.07 Å². The van der Waals surface area contributed by atoms with Crippen molar-refractivity contribution in [1.82, 2.24) is 10.2 Å². The van der Waals surface area contributed by atoms with E-state index >= 15 is 0 Å². The molecular formula is C16H26FN3O. The summed E-state index contributed by atoms with van der Waals surface area (Å²) in [6.45, 7) is 5.02. The maximum atomic E-state index is 13.5. The molecule has 0 aliphatic carbocycles. The van der Waals surface area contributed by atoms with E-state index in [1.807, 2.05) is 27.1 Å². The van der Waals surface area contributed by atoms with Crippen LogP contribution < -0.4 is 10.2 Å². The Bertz CT molecular complexity index is 467. The van der Waals surface area contributed by atoms with Gasteiger partial charge in [-0.15, -0.1) is 0 Å². The number of likely N-dealkylation sites (N-methyl/N-ethyl adjacent to an activating group) is 1. The van der Waals surface area contributed by atoms with E-state index in [0.717, 1.165) is 30.8 Å². The van der Waals surface area contributed by atoms with Gasteiger partial charge in [0.15, 0.2) is 0 Å². The molecule has 2 rings (SSSR count). The van der Waals surface area contributed by atoms with Crippen molar-refractivity contribution in [3.05, 3.63) is 29.6 Å². The molecule has 1 aromatic carbocycles. The largest absolute Gasteiger partial charge is 0.391 e. The minimum Gasteiger partial charge on any atom is -0.391 e. The molecular weight excluding hydrogens is 269 g/mol. The van der Waals surface area contributed by atoms with Crippen molar-refractivity contribution in [1.29, 1.82) is 0 Å². The molecule has 118 valence electrons. The highest BCUT2D eigenvalue weighted by Crippen LogP contribution is 2.30. The number of aliphatic hydroxyl groups excluding tert-OH is 1. The molecule has 0 aromatic heterocycles. The summed E-state index contributed by atoms with van der Waals surface area (Å²) >= 11 is 0. The summed E-state index contributed by atoms with van der Waals surface area (Å²) in [6.07, 6.45) is 0.447. The van der Waals surface area contributed by atoms with Gasteiger partial charge >= 0.3 is 0 Å². The molecule has 1 saturated heterocycles. The fourth-order valence-corrected chi connectivity index (χ4v) is 3.02. The second-order valence-electron chi connectivity index (χ2n) is 6.01. The molecule has 2 atom stereocenters. The van der Waals surface area contributed by atoms with Crippen molar-refractivity contribution in [2.75, 3.05) is 38.6 Å². The Morgan fingerprint density at radius 2 is 2.19 bits per heavy atom. The van der Waals surface area contributed by atoms with E-state index < -0.39 is 0 Å². The Balaban J connectivity index is 2.25. The molecule has 4 nitrogen and oxygen atoms in total. The Morgan fingerprint density at radius 1 is 1.43 bits per heavy atom. The normalized spacial score (nSPS) is 22.3. The van der Waals surface area contributed by atoms with Crippen LogP contribution in [0.15, 0.2) is 18.2 Å². The van der Waals surface area contributed by atoms with E-state index in [9.17, 15) is 9.50 Å². The van der Waals surface area contributed by atoms with Crippen LogP contribution in [-0.2, 0) is 6.54 Å². The van der Waals surface area contributed by atoms with Crippen molar-refractivity contribution in [3.8, 4) is 0 Å². The van der Waals surface area contributed by atoms with Gasteiger partial charge in [-0.2, -0.15) is 0 Å². The average molecular weight is 295 g/mol. The van der Waals surface area contributed by atoms with Gasteiger partial charge < -0.3 is 20.2 Å². The van der Waals surface area contributed by atoms with Crippen LogP contribution in [-0.4, -0.2) is 55.9 Å². The zero-order valence-corrected chi connectivity index (χ0v) is 13.1. The van der Waals surface area contributed by atoms with Gasteiger partial charge in [-0.1, -0.05) is 6.92 Å². The number of benzene rings is 1. The number of hydrogen-bond acceptors (Lipinski definition) is 4. The molecule has 1 heterocycles. The predicted octanol–water partition coefficient (Wildman–Crippen LogP) is 1.44. The first-order valence-electron chi connectivity index (χ1n) is 7.59. The van der Waals surface area contributed by atoms with Crippen molar-refractivity contribution in [2.45, 2.75) is 32.0 Å². The lowest BCUT2D eigenvalue weighted by Crippen LogP contribution is -2.38. The molecule has 0 radical (unpaired) electrons. The zero-order valence-electron chi connectivity index (χ0n) is 13.1. The van der Waals surface area contributed by atoms with Crippen LogP contribution in [0.5, 0.6) is 0 Å². The van der Waals surface area contributed by atoms with Crippen LogP contribution in [0.1, 0.15) is 18.9 Å². The quantitative estimate of drug-likeness (QED) is 0.833. The topological polar surface area (TPSA) is 38.7 Å². The number of nitrogens with zero attached hydrogens (tertiary/aromatic N) is 2. The van der Waals surface area contributed by atoms with Crippen LogP contribution in [0, 0.1) is 5.82 Å². The second-order valence-corrected chi connectivity index (χ2v) is 6.01. The minimum atomic E-state index is -0.313. The molecule has 2 N–H and O–H groups in total. The molecule has 0 saturated carbocycles. The summed E-state index contributed by atoms with van der Waals surface area (Å²) in [5.74, 6) is -0.212. The smallest absolute Gasteiger partial charge is 0.123 e. The van der Waals surface area contributed by atoms with Crippen LogP contribution >= 0.6 is 0 Å². The SMILES string of the molecule is CCNCc1cc(F)ccc1N1CC(O)CC1CN(C)C. The van der Waals surface area contributed by atoms with Crippen LogP contribution in [0.2, 0.25) is 0 Å². The standard InChI is InChI=1S/C16H26FN3O/c1-4-18-9-12-7-13(17)5-6-16(12)20-11-15(21)8-14(20)10-19(2)3/h5-7,14-15,18,21H,4,8-11H2,1-3H3. The number of hydrogen-bond donors (Lipinski definition) is 2. The third-order valence-corrected chi connectivity index (χ3v) is 3.88. The zero-order chi connectivity index (χ0) is 15.4. The molecule has 1 aliphatic rings. The molecule has 1 aliphatic heterocycles. The van der Waals surface area contributed by atoms with E-state index in [4.69, 9.17) is 0 Å². The van der Waals surface area contributed by atoms with Crippen LogP contribution in [0.3, 0.4) is 0 Å². The Morgan fingerprint density at radius 3 is 2.86 bits per heavy atom. The highest BCUT2D eigenvalue weighted by molar-refractivity contribution is 5.56. The first kappa shape index (κ1) is 16.2. The van der Waals surface area contributed by atoms with Crippen LogP contribution in [0.25, 0.3) is 0 Å². The molecule has 2 unspecified atom stereocenters. The molecule has 1 fully saturated rings. The number of halogens is 1. The summed E-state index contributed by atoms with van der Waals surface area (Å²) in [4.78, 5) is 4.35. The number of nitrogens with one attached hydrogen (secondary N) is 1. The van der Waals surface area contributed by atoms with Gasteiger partial charge in [0.25, 0.3) is 0 Å². The van der Waals surface area contributed by atoms with Gasteiger partial charge in [0.1, 0.15) is 5.82 Å². The molecule has 21 heavy (non-hydrogen) atoms. The van der Waals surface area contributed by atoms with Gasteiger partial charge in [-0.25, -0.2) is 4.39 Å². The highest BCUT2D eigenvalue weighted by Gasteiger charge is 2.32. The van der Waals surface area contributed by atoms with Gasteiger partial charge in [0.2, 0.25) is 0 Å². The lowest BCUT2D eigenvalue weighted by molar-refractivity contribution is 0.191. The monoisotopic (exact) mass is 295 g/mol. The van der Waals surface area contributed by atoms with Crippen molar-refractivity contribution >= 4 is 5.69 Å². The van der Waals surface area contributed by atoms with Crippen molar-refractivity contribution in [3.63, 3.8) is 0 Å². The minimum absolute atomic E-state index is 0.212. The van der Waals surface area contributed by atoms with Gasteiger partial charge in [-0.3, -0.25) is 0 Å². The Labute approximate surface area is 126 Å². The Kier molecular flexibility index (Phi) is 5.56. The second kappa shape index (κ2) is 7.20. The lowest BCUT2D eigenvalue weighted by Gasteiger charge is -2.30. The first-order valence-corrected chi connectivity index (χ1v) is 7.59. The van der Waals surface area contributed by atoms with Gasteiger partial charge in [-0.05, 0) is 50.8 Å². The maximum Gasteiger partial charge on any atom is 0.123 e. The fourth-order valence-electron chi connectivity index (χ4n) is 3.02. The van der Waals surface area contributed by atoms with E-state index in [2.05, 4.69) is 15.1 Å². The lowest BCUT2D eigenvalue weighted by atomic mass is 10.1. The number of anilines is 1. The van der Waals surface area contributed by atoms with E-state index in [1.165, 1.54) is 6.07 Å². The molecule has 0 spiro atoms. The third kappa shape index (κ3) is 4.15. The summed E-state index contributed by atoms with van der Waals surface area (Å²) < 4.78 is 13.5. The molecule has 1 aromatic rings. The van der Waals surface area contributed by atoms with E-state index in [-0.39, 0.29) is 18.0 Å². The van der Waals surface area contributed by atoms with Crippen molar-refractivity contribution in [2.24, 2.45) is 0 Å². The fraction of sp³-hybridized carbons (Fsp3) is 0.625. The van der Waals surface area contributed by atoms with Gasteiger partial charge in [0.05, 0.1) is 6.10 Å². The molecule has 0 bridgehead atoms. The van der Waals surface area contributed by atoms with E-state index in [0.29, 0.717) is 13.1 Å². The highest BCUT2D eigenvalue weighted by atomic mass is 19.1. The first-order chi connectivity index (χ1) is 10.0. The number of rotatable bonds is 6. The predicted molar refractivity (Wildman–Crippen MR) is 84.1 cm³/mol. The number of β-amino-alcohol motifs (C(OH)–C–C–N with tert-alkyl or cyclic N) is 1. The Hall–Kier alpha value is -1.17. The van der Waals surface area contributed by atoms with Crippen LogP contribution in [0.4, 0.5) is 10.1 Å². The molecule has 0 amide bonds. The average Bonchev–Trinajstić information content (AvgIpc) is 2.76. The van der Waals surface area contributed by atoms with Crippen molar-refractivity contribution < 1.29 is 9.50 Å². The van der Waals surface area contributed by atoms with Gasteiger partial charge in [0, 0.05) is 31.4 Å². The molecule has 5 heteroatoms. The summed E-state index contributed by atoms with van der Waals surface area (Å²) in [5, 5.41) is 13.3. The third-order valence-electron chi connectivity index (χ3n) is 3.88. The summed E-state index contributed by atoms with van der Waals surface area (Å²) in [5.41, 5.74) is 1.98. The summed E-state index contributed by atoms with van der Waals surface area (Å²) in [7, 11) is 4.07. The summed E-state index contributed by atoms with van der Waals surface area (Å²) in [6, 6.07) is 5.20.